The van der Waals surface area contributed by atoms with E-state index in [-0.39, 0.29) is 5.25 Å². The second kappa shape index (κ2) is 6.82. The van der Waals surface area contributed by atoms with Gasteiger partial charge in [-0.05, 0) is 19.1 Å². The smallest absolute Gasteiger partial charge is 0.239 e. The number of benzene rings is 1. The zero-order valence-corrected chi connectivity index (χ0v) is 13.9. The van der Waals surface area contributed by atoms with E-state index in [2.05, 4.69) is 20.3 Å². The van der Waals surface area contributed by atoms with Crippen LogP contribution in [0, 0.1) is 0 Å². The maximum absolute atomic E-state index is 5.29. The molecule has 0 saturated carbocycles. The molecule has 2 aromatic heterocycles. The van der Waals surface area contributed by atoms with E-state index >= 15 is 0 Å². The second-order valence-electron chi connectivity index (χ2n) is 4.85. The van der Waals surface area contributed by atoms with Crippen molar-refractivity contribution in [3.63, 3.8) is 0 Å². The van der Waals surface area contributed by atoms with Crippen molar-refractivity contribution in [1.82, 2.24) is 24.9 Å². The number of thioether (sulfide) groups is 1. The van der Waals surface area contributed by atoms with Crippen molar-refractivity contribution in [1.29, 1.82) is 0 Å². The summed E-state index contributed by atoms with van der Waals surface area (Å²) in [7, 11) is 1.64. The van der Waals surface area contributed by atoms with Crippen LogP contribution < -0.4 is 4.74 Å². The Morgan fingerprint density at radius 3 is 3.00 bits per heavy atom. The van der Waals surface area contributed by atoms with E-state index in [9.17, 15) is 0 Å². The van der Waals surface area contributed by atoms with Gasteiger partial charge >= 0.3 is 0 Å². The third-order valence-electron chi connectivity index (χ3n) is 3.28. The molecule has 0 aliphatic rings. The normalized spacial score (nSPS) is 12.3. The van der Waals surface area contributed by atoms with E-state index in [0.29, 0.717) is 11.7 Å². The first-order chi connectivity index (χ1) is 11.2. The van der Waals surface area contributed by atoms with Gasteiger partial charge < -0.3 is 9.26 Å². The van der Waals surface area contributed by atoms with Crippen LogP contribution in [0.1, 0.15) is 30.8 Å². The van der Waals surface area contributed by atoms with E-state index in [1.165, 1.54) is 11.8 Å². The molecule has 0 fully saturated rings. The van der Waals surface area contributed by atoms with Crippen molar-refractivity contribution in [3.05, 3.63) is 42.3 Å². The van der Waals surface area contributed by atoms with Crippen LogP contribution in [0.15, 0.2) is 40.3 Å². The van der Waals surface area contributed by atoms with Gasteiger partial charge in [-0.15, -0.1) is 10.2 Å². The molecule has 0 aliphatic carbocycles. The highest BCUT2D eigenvalue weighted by atomic mass is 32.2. The molecule has 3 rings (SSSR count). The Balaban J connectivity index is 1.83. The number of ether oxygens (including phenoxy) is 1. The highest BCUT2D eigenvalue weighted by Gasteiger charge is 2.19. The molecule has 0 saturated heterocycles. The van der Waals surface area contributed by atoms with Crippen LogP contribution in [-0.4, -0.2) is 32.0 Å². The highest BCUT2D eigenvalue weighted by molar-refractivity contribution is 7.99. The average Bonchev–Trinajstić information content (AvgIpc) is 3.24. The first-order valence-corrected chi connectivity index (χ1v) is 8.12. The van der Waals surface area contributed by atoms with Crippen molar-refractivity contribution in [3.8, 4) is 11.4 Å². The summed E-state index contributed by atoms with van der Waals surface area (Å²) in [5, 5.41) is 12.9. The molecule has 0 unspecified atom stereocenters. The first kappa shape index (κ1) is 15.5. The summed E-state index contributed by atoms with van der Waals surface area (Å²) in [6, 6.07) is 7.73. The van der Waals surface area contributed by atoms with Crippen molar-refractivity contribution < 1.29 is 9.26 Å². The van der Waals surface area contributed by atoms with Gasteiger partial charge in [0.05, 0.1) is 18.0 Å². The number of hydrogen-bond acceptors (Lipinski definition) is 7. The SMILES string of the molecule is CCc1noc([C@H](C)Sc2nncn2-c2cccc(OC)c2)n1. The number of methoxy groups -OCH3 is 1. The van der Waals surface area contributed by atoms with Gasteiger partial charge in [0.2, 0.25) is 5.89 Å². The second-order valence-corrected chi connectivity index (χ2v) is 6.16. The summed E-state index contributed by atoms with van der Waals surface area (Å²) < 4.78 is 12.5. The summed E-state index contributed by atoms with van der Waals surface area (Å²) in [6.07, 6.45) is 2.43. The largest absolute Gasteiger partial charge is 0.497 e. The van der Waals surface area contributed by atoms with Crippen LogP contribution in [0.3, 0.4) is 0 Å². The molecule has 0 radical (unpaired) electrons. The molecular formula is C15H17N5O2S. The monoisotopic (exact) mass is 331 g/mol. The topological polar surface area (TPSA) is 78.9 Å². The predicted octanol–water partition coefficient (Wildman–Crippen LogP) is 3.07. The summed E-state index contributed by atoms with van der Waals surface area (Å²) in [5.41, 5.74) is 0.934. The van der Waals surface area contributed by atoms with Gasteiger partial charge in [-0.1, -0.05) is 29.9 Å². The van der Waals surface area contributed by atoms with Crippen molar-refractivity contribution in [2.45, 2.75) is 30.7 Å². The van der Waals surface area contributed by atoms with Crippen molar-refractivity contribution in [2.24, 2.45) is 0 Å². The first-order valence-electron chi connectivity index (χ1n) is 7.24. The minimum absolute atomic E-state index is 0.0173. The number of nitrogens with zero attached hydrogens (tertiary/aromatic N) is 5. The molecule has 1 aromatic carbocycles. The van der Waals surface area contributed by atoms with Gasteiger partial charge in [-0.25, -0.2) is 0 Å². The third-order valence-corrected chi connectivity index (χ3v) is 4.32. The maximum Gasteiger partial charge on any atom is 0.239 e. The lowest BCUT2D eigenvalue weighted by Crippen LogP contribution is -1.98. The minimum atomic E-state index is -0.0173. The van der Waals surface area contributed by atoms with Gasteiger partial charge in [0.25, 0.3) is 0 Å². The van der Waals surface area contributed by atoms with Crippen molar-refractivity contribution >= 4 is 11.8 Å². The molecule has 3 aromatic rings. The van der Waals surface area contributed by atoms with Gasteiger partial charge in [-0.3, -0.25) is 4.57 Å². The highest BCUT2D eigenvalue weighted by Crippen LogP contribution is 2.34. The van der Waals surface area contributed by atoms with Crippen LogP contribution in [0.2, 0.25) is 0 Å². The predicted molar refractivity (Wildman–Crippen MR) is 85.9 cm³/mol. The lowest BCUT2D eigenvalue weighted by atomic mass is 10.3. The quantitative estimate of drug-likeness (QED) is 0.642. The summed E-state index contributed by atoms with van der Waals surface area (Å²) in [4.78, 5) is 4.36. The molecule has 0 N–H and O–H groups in total. The van der Waals surface area contributed by atoms with Gasteiger partial charge in [0.1, 0.15) is 12.1 Å². The maximum atomic E-state index is 5.29. The van der Waals surface area contributed by atoms with E-state index < -0.39 is 0 Å². The van der Waals surface area contributed by atoms with Crippen LogP contribution in [0.5, 0.6) is 5.75 Å². The molecule has 120 valence electrons. The Labute approximate surface area is 138 Å². The Hall–Kier alpha value is -2.35. The average molecular weight is 331 g/mol. The van der Waals surface area contributed by atoms with Crippen LogP contribution >= 0.6 is 11.8 Å². The molecule has 2 heterocycles. The standard InChI is InChI=1S/C15H17N5O2S/c1-4-13-17-14(22-19-13)10(2)23-15-18-16-9-20(15)11-6-5-7-12(8-11)21-3/h5-10H,4H2,1-3H3/t10-/m0/s1. The van der Waals surface area contributed by atoms with Crippen LogP contribution in [-0.2, 0) is 6.42 Å². The zero-order valence-electron chi connectivity index (χ0n) is 13.1. The van der Waals surface area contributed by atoms with E-state index in [1.807, 2.05) is 42.7 Å². The van der Waals surface area contributed by atoms with Crippen molar-refractivity contribution in [2.75, 3.05) is 7.11 Å². The Morgan fingerprint density at radius 1 is 1.39 bits per heavy atom. The van der Waals surface area contributed by atoms with Crippen LogP contribution in [0.25, 0.3) is 5.69 Å². The van der Waals surface area contributed by atoms with Gasteiger partial charge in [0.15, 0.2) is 11.0 Å². The molecule has 8 heteroatoms. The minimum Gasteiger partial charge on any atom is -0.497 e. The number of hydrogen-bond donors (Lipinski definition) is 0. The fourth-order valence-electron chi connectivity index (χ4n) is 2.03. The number of aryl methyl sites for hydroxylation is 1. The molecular weight excluding hydrogens is 314 g/mol. The van der Waals surface area contributed by atoms with Crippen LogP contribution in [0.4, 0.5) is 0 Å². The molecule has 0 amide bonds. The summed E-state index contributed by atoms with van der Waals surface area (Å²) in [6.45, 7) is 3.99. The van der Waals surface area contributed by atoms with Gasteiger partial charge in [-0.2, -0.15) is 4.98 Å². The summed E-state index contributed by atoms with van der Waals surface area (Å²) in [5.74, 6) is 2.08. The number of aromatic nitrogens is 5. The zero-order chi connectivity index (χ0) is 16.2. The van der Waals surface area contributed by atoms with E-state index in [1.54, 1.807) is 13.4 Å². The fraction of sp³-hybridized carbons (Fsp3) is 0.333. The van der Waals surface area contributed by atoms with E-state index in [0.717, 1.165) is 23.0 Å². The molecule has 23 heavy (non-hydrogen) atoms. The Bertz CT molecular complexity index is 786. The molecule has 7 nitrogen and oxygen atoms in total. The molecule has 0 aliphatic heterocycles. The van der Waals surface area contributed by atoms with E-state index in [4.69, 9.17) is 9.26 Å². The Kier molecular flexibility index (Phi) is 4.61. The molecule has 0 bridgehead atoms. The molecule has 0 spiro atoms. The Morgan fingerprint density at radius 2 is 2.26 bits per heavy atom. The third kappa shape index (κ3) is 3.37. The lowest BCUT2D eigenvalue weighted by molar-refractivity contribution is 0.375. The lowest BCUT2D eigenvalue weighted by Gasteiger charge is -2.09. The number of rotatable bonds is 6. The van der Waals surface area contributed by atoms with Gasteiger partial charge in [0, 0.05) is 12.5 Å². The summed E-state index contributed by atoms with van der Waals surface area (Å²) >= 11 is 1.51. The molecule has 1 atom stereocenters. The fourth-order valence-corrected chi connectivity index (χ4v) is 2.90.